The SMILES string of the molecule is CC(C)[C@H](NC(=O)COC(=O)c1ccc([N+](=O)[O-])cc1)c1ccc2c(c1)OCCO2. The molecule has 9 nitrogen and oxygen atoms in total. The molecule has 1 aliphatic rings. The summed E-state index contributed by atoms with van der Waals surface area (Å²) in [7, 11) is 0. The molecule has 0 radical (unpaired) electrons. The minimum atomic E-state index is -0.736. The second kappa shape index (κ2) is 9.25. The maximum atomic E-state index is 12.4. The molecule has 1 N–H and O–H groups in total. The highest BCUT2D eigenvalue weighted by atomic mass is 16.6. The molecule has 2 aromatic carbocycles. The molecule has 3 rings (SSSR count). The van der Waals surface area contributed by atoms with Gasteiger partial charge in [-0.1, -0.05) is 19.9 Å². The third kappa shape index (κ3) is 5.05. The van der Waals surface area contributed by atoms with Gasteiger partial charge in [0.2, 0.25) is 0 Å². The number of carbonyl (C=O) groups excluding carboxylic acids is 2. The first-order valence-electron chi connectivity index (χ1n) is 9.45. The summed E-state index contributed by atoms with van der Waals surface area (Å²) in [5.74, 6) is 0.167. The number of amides is 1. The first-order chi connectivity index (χ1) is 14.3. The van der Waals surface area contributed by atoms with Crippen molar-refractivity contribution in [2.75, 3.05) is 19.8 Å². The highest BCUT2D eigenvalue weighted by Crippen LogP contribution is 2.34. The molecule has 0 saturated carbocycles. The van der Waals surface area contributed by atoms with E-state index in [0.717, 1.165) is 5.56 Å². The first-order valence-corrected chi connectivity index (χ1v) is 9.45. The van der Waals surface area contributed by atoms with E-state index < -0.39 is 23.4 Å². The van der Waals surface area contributed by atoms with E-state index in [1.807, 2.05) is 26.0 Å². The number of nitro groups is 1. The first kappa shape index (κ1) is 21.1. The molecule has 0 aromatic heterocycles. The van der Waals surface area contributed by atoms with Gasteiger partial charge in [0.1, 0.15) is 13.2 Å². The van der Waals surface area contributed by atoms with Crippen LogP contribution < -0.4 is 14.8 Å². The largest absolute Gasteiger partial charge is 0.486 e. The van der Waals surface area contributed by atoms with Gasteiger partial charge in [0.25, 0.3) is 11.6 Å². The predicted molar refractivity (Wildman–Crippen MR) is 107 cm³/mol. The Hall–Kier alpha value is -3.62. The molecule has 9 heteroatoms. The Morgan fingerprint density at radius 2 is 1.77 bits per heavy atom. The van der Waals surface area contributed by atoms with Crippen molar-refractivity contribution in [2.24, 2.45) is 5.92 Å². The lowest BCUT2D eigenvalue weighted by Crippen LogP contribution is -2.35. The topological polar surface area (TPSA) is 117 Å². The summed E-state index contributed by atoms with van der Waals surface area (Å²) in [5.41, 5.74) is 0.841. The van der Waals surface area contributed by atoms with E-state index in [4.69, 9.17) is 14.2 Å². The molecule has 2 aromatic rings. The van der Waals surface area contributed by atoms with Gasteiger partial charge < -0.3 is 19.5 Å². The number of hydrogen-bond acceptors (Lipinski definition) is 7. The molecule has 0 bridgehead atoms. The van der Waals surface area contributed by atoms with Crippen LogP contribution in [-0.2, 0) is 9.53 Å². The summed E-state index contributed by atoms with van der Waals surface area (Å²) in [4.78, 5) is 34.6. The molecular formula is C21H22N2O7. The Balaban J connectivity index is 1.60. The molecule has 0 fully saturated rings. The van der Waals surface area contributed by atoms with Gasteiger partial charge in [0.15, 0.2) is 18.1 Å². The van der Waals surface area contributed by atoms with E-state index in [9.17, 15) is 19.7 Å². The monoisotopic (exact) mass is 414 g/mol. The highest BCUT2D eigenvalue weighted by molar-refractivity contribution is 5.91. The predicted octanol–water partition coefficient (Wildman–Crippen LogP) is 3.04. The lowest BCUT2D eigenvalue weighted by molar-refractivity contribution is -0.384. The van der Waals surface area contributed by atoms with Crippen molar-refractivity contribution in [3.63, 3.8) is 0 Å². The molecule has 0 aliphatic carbocycles. The van der Waals surface area contributed by atoms with Crippen LogP contribution in [0.2, 0.25) is 0 Å². The number of hydrogen-bond donors (Lipinski definition) is 1. The lowest BCUT2D eigenvalue weighted by atomic mass is 9.95. The fourth-order valence-electron chi connectivity index (χ4n) is 3.04. The van der Waals surface area contributed by atoms with E-state index in [2.05, 4.69) is 5.32 Å². The molecule has 1 aliphatic heterocycles. The van der Waals surface area contributed by atoms with Gasteiger partial charge in [-0.25, -0.2) is 4.79 Å². The zero-order chi connectivity index (χ0) is 21.7. The van der Waals surface area contributed by atoms with Crippen molar-refractivity contribution in [3.8, 4) is 11.5 Å². The molecular weight excluding hydrogens is 392 g/mol. The quantitative estimate of drug-likeness (QED) is 0.420. The van der Waals surface area contributed by atoms with Crippen LogP contribution in [0.15, 0.2) is 42.5 Å². The number of nitrogens with one attached hydrogen (secondary N) is 1. The number of benzene rings is 2. The van der Waals surface area contributed by atoms with Crippen LogP contribution in [0.5, 0.6) is 11.5 Å². The van der Waals surface area contributed by atoms with Gasteiger partial charge in [-0.3, -0.25) is 14.9 Å². The van der Waals surface area contributed by atoms with E-state index >= 15 is 0 Å². The molecule has 0 unspecified atom stereocenters. The number of nitro benzene ring substituents is 1. The maximum Gasteiger partial charge on any atom is 0.338 e. The van der Waals surface area contributed by atoms with Gasteiger partial charge >= 0.3 is 5.97 Å². The Kier molecular flexibility index (Phi) is 6.51. The van der Waals surface area contributed by atoms with Crippen LogP contribution in [0.3, 0.4) is 0 Å². The second-order valence-electron chi connectivity index (χ2n) is 7.07. The number of ether oxygens (including phenoxy) is 3. The Morgan fingerprint density at radius 1 is 1.10 bits per heavy atom. The Bertz CT molecular complexity index is 941. The third-order valence-corrected chi connectivity index (χ3v) is 4.56. The van der Waals surface area contributed by atoms with Gasteiger partial charge in [-0.05, 0) is 35.7 Å². The molecule has 1 heterocycles. The van der Waals surface area contributed by atoms with E-state index in [-0.39, 0.29) is 23.2 Å². The highest BCUT2D eigenvalue weighted by Gasteiger charge is 2.22. The van der Waals surface area contributed by atoms with Gasteiger partial charge in [0, 0.05) is 12.1 Å². The molecule has 0 spiro atoms. The van der Waals surface area contributed by atoms with Crippen molar-refractivity contribution in [3.05, 3.63) is 63.7 Å². The number of nitrogens with zero attached hydrogens (tertiary/aromatic N) is 1. The standard InChI is InChI=1S/C21H22N2O7/c1-13(2)20(15-5-8-17-18(11-15)29-10-9-28-17)22-19(24)12-30-21(25)14-3-6-16(7-4-14)23(26)27/h3-8,11,13,20H,9-10,12H2,1-2H3,(H,22,24)/t20-/m0/s1. The summed E-state index contributed by atoms with van der Waals surface area (Å²) in [6, 6.07) is 10.2. The summed E-state index contributed by atoms with van der Waals surface area (Å²) >= 11 is 0. The fourth-order valence-corrected chi connectivity index (χ4v) is 3.04. The van der Waals surface area contributed by atoms with Crippen LogP contribution in [-0.4, -0.2) is 36.6 Å². The minimum Gasteiger partial charge on any atom is -0.486 e. The van der Waals surface area contributed by atoms with Crippen LogP contribution in [0.25, 0.3) is 0 Å². The van der Waals surface area contributed by atoms with E-state index in [1.165, 1.54) is 24.3 Å². The summed E-state index contributed by atoms with van der Waals surface area (Å²) in [5, 5.41) is 13.5. The Labute approximate surface area is 173 Å². The Morgan fingerprint density at radius 3 is 2.40 bits per heavy atom. The summed E-state index contributed by atoms with van der Waals surface area (Å²) in [6.07, 6.45) is 0. The molecule has 0 saturated heterocycles. The fraction of sp³-hybridized carbons (Fsp3) is 0.333. The lowest BCUT2D eigenvalue weighted by Gasteiger charge is -2.25. The van der Waals surface area contributed by atoms with Crippen LogP contribution in [0.4, 0.5) is 5.69 Å². The number of esters is 1. The zero-order valence-corrected chi connectivity index (χ0v) is 16.6. The van der Waals surface area contributed by atoms with Gasteiger partial charge in [-0.15, -0.1) is 0 Å². The van der Waals surface area contributed by atoms with Crippen LogP contribution in [0, 0.1) is 16.0 Å². The second-order valence-corrected chi connectivity index (χ2v) is 7.07. The van der Waals surface area contributed by atoms with Crippen molar-refractivity contribution >= 4 is 17.6 Å². The van der Waals surface area contributed by atoms with Crippen molar-refractivity contribution in [2.45, 2.75) is 19.9 Å². The van der Waals surface area contributed by atoms with Crippen LogP contribution in [0.1, 0.15) is 35.8 Å². The maximum absolute atomic E-state index is 12.4. The average Bonchev–Trinajstić information content (AvgIpc) is 2.75. The number of rotatable bonds is 7. The van der Waals surface area contributed by atoms with Crippen LogP contribution >= 0.6 is 0 Å². The number of non-ortho nitro benzene ring substituents is 1. The minimum absolute atomic E-state index is 0.0712. The zero-order valence-electron chi connectivity index (χ0n) is 16.6. The van der Waals surface area contributed by atoms with Gasteiger partial charge in [-0.2, -0.15) is 0 Å². The molecule has 158 valence electrons. The molecule has 1 amide bonds. The van der Waals surface area contributed by atoms with Crippen molar-refractivity contribution < 1.29 is 28.7 Å². The smallest absolute Gasteiger partial charge is 0.338 e. The summed E-state index contributed by atoms with van der Waals surface area (Å²) in [6.45, 7) is 4.42. The number of carbonyl (C=O) groups is 2. The third-order valence-electron chi connectivity index (χ3n) is 4.56. The summed E-state index contributed by atoms with van der Waals surface area (Å²) < 4.78 is 16.2. The molecule has 1 atom stereocenters. The molecule has 30 heavy (non-hydrogen) atoms. The van der Waals surface area contributed by atoms with E-state index in [1.54, 1.807) is 6.07 Å². The van der Waals surface area contributed by atoms with Crippen molar-refractivity contribution in [1.29, 1.82) is 0 Å². The average molecular weight is 414 g/mol. The van der Waals surface area contributed by atoms with E-state index in [0.29, 0.717) is 24.7 Å². The normalized spacial score (nSPS) is 13.4. The van der Waals surface area contributed by atoms with Gasteiger partial charge in [0.05, 0.1) is 16.5 Å². The van der Waals surface area contributed by atoms with Crippen molar-refractivity contribution in [1.82, 2.24) is 5.32 Å². The number of fused-ring (bicyclic) bond motifs is 1.